The van der Waals surface area contributed by atoms with Crippen molar-refractivity contribution in [2.24, 2.45) is 23.7 Å². The van der Waals surface area contributed by atoms with Crippen molar-refractivity contribution in [2.45, 2.75) is 129 Å². The summed E-state index contributed by atoms with van der Waals surface area (Å²) in [6.45, 7) is 13.8. The van der Waals surface area contributed by atoms with Gasteiger partial charge in [-0.25, -0.2) is 0 Å². The highest BCUT2D eigenvalue weighted by molar-refractivity contribution is 6.00. The summed E-state index contributed by atoms with van der Waals surface area (Å²) in [5.74, 6) is -4.90. The molecular weight excluding hydrogens is 570 g/mol. The van der Waals surface area contributed by atoms with Gasteiger partial charge in [0.05, 0.1) is 37.1 Å². The molecule has 0 radical (unpaired) electrons. The third-order valence-corrected chi connectivity index (χ3v) is 9.85. The molecule has 0 spiro atoms. The van der Waals surface area contributed by atoms with Crippen molar-refractivity contribution in [3.63, 3.8) is 0 Å². The Morgan fingerprint density at radius 2 is 1.64 bits per heavy atom. The molecule has 44 heavy (non-hydrogen) atoms. The van der Waals surface area contributed by atoms with E-state index in [-0.39, 0.29) is 44.0 Å². The first-order chi connectivity index (χ1) is 20.5. The van der Waals surface area contributed by atoms with Crippen LogP contribution in [0.25, 0.3) is 0 Å². The zero-order valence-electron chi connectivity index (χ0n) is 28.1. The minimum absolute atomic E-state index is 0.0917. The lowest BCUT2D eigenvalue weighted by atomic mass is 9.74. The highest BCUT2D eigenvalue weighted by Crippen LogP contribution is 2.39. The zero-order valence-corrected chi connectivity index (χ0v) is 28.1. The van der Waals surface area contributed by atoms with Crippen LogP contribution in [-0.2, 0) is 38.1 Å². The molecule has 3 rings (SSSR count). The van der Waals surface area contributed by atoms with Crippen molar-refractivity contribution in [3.8, 4) is 0 Å². The van der Waals surface area contributed by atoms with E-state index in [2.05, 4.69) is 0 Å². The number of aliphatic hydroxyl groups is 2. The smallest absolute Gasteiger partial charge is 0.316 e. The van der Waals surface area contributed by atoms with Crippen molar-refractivity contribution in [3.05, 3.63) is 12.2 Å². The Hall–Kier alpha value is -1.73. The first-order valence-corrected chi connectivity index (χ1v) is 16.0. The molecule has 1 unspecified atom stereocenters. The number of cyclic esters (lactones) is 1. The Labute approximate surface area is 262 Å². The number of carbonyl (C=O) groups excluding carboxylic acids is 3. The molecule has 0 amide bonds. The summed E-state index contributed by atoms with van der Waals surface area (Å²) in [4.78, 5) is 43.4. The Balaban J connectivity index is 2.18. The topological polar surface area (TPSA) is 141 Å². The number of hydrogen-bond acceptors (Lipinski definition) is 11. The Kier molecular flexibility index (Phi) is 12.3. The molecule has 0 saturated carbocycles. The van der Waals surface area contributed by atoms with Gasteiger partial charge in [-0.2, -0.15) is 0 Å². The van der Waals surface area contributed by atoms with Gasteiger partial charge in [0, 0.05) is 23.8 Å². The molecule has 2 saturated heterocycles. The molecule has 3 heterocycles. The van der Waals surface area contributed by atoms with Crippen molar-refractivity contribution in [1.29, 1.82) is 0 Å². The molecule has 2 fully saturated rings. The SMILES string of the molecule is CC[C@H]1OC(=O)[C@H](C)C(=O)[C@H](C)[C@@H](O[C@@H]2O[C@H](C)C[C@H](N(C)C)[C@H]2O)[C@@]2(C)C[C@@H](C)C(=O)[C@H](C)C(OC/C=C/CO2)[C@]1(C)O. The van der Waals surface area contributed by atoms with Crippen LogP contribution in [0.2, 0.25) is 0 Å². The van der Waals surface area contributed by atoms with Crippen LogP contribution in [0.15, 0.2) is 12.2 Å². The standard InChI is InChI=1S/C33H55NO10/c1-11-24-33(8,39)29-20(4)25(35)18(2)17-32(7,41-15-13-12-14-40-29)28(21(5)26(36)22(6)30(38)43-24)44-31-27(37)23(34(9)10)16-19(3)42-31/h12-13,18-24,27-29,31,37,39H,11,14-17H2,1-10H3/b13-12+/t18-,19-,20+,21+,22-,23+,24-,27-,28-,29?,31+,32-,33-/m1/s1. The second-order valence-electron chi connectivity index (χ2n) is 13.7. The summed E-state index contributed by atoms with van der Waals surface area (Å²) in [6, 6.07) is -0.257. The van der Waals surface area contributed by atoms with Crippen molar-refractivity contribution < 1.29 is 48.3 Å². The highest BCUT2D eigenvalue weighted by atomic mass is 16.7. The fraction of sp³-hybridized carbons (Fsp3) is 0.848. The number of fused-ring (bicyclic) bond motifs is 5. The average Bonchev–Trinajstić information content (AvgIpc) is 2.96. The molecule has 3 aliphatic rings. The maximum Gasteiger partial charge on any atom is 0.316 e. The third-order valence-electron chi connectivity index (χ3n) is 9.85. The second kappa shape index (κ2) is 14.8. The van der Waals surface area contributed by atoms with Gasteiger partial charge in [-0.05, 0) is 61.1 Å². The summed E-state index contributed by atoms with van der Waals surface area (Å²) in [5.41, 5.74) is -2.96. The van der Waals surface area contributed by atoms with E-state index in [1.165, 1.54) is 13.8 Å². The third kappa shape index (κ3) is 7.79. The lowest BCUT2D eigenvalue weighted by Crippen LogP contribution is -2.60. The van der Waals surface area contributed by atoms with Crippen LogP contribution in [0.1, 0.15) is 74.7 Å². The zero-order chi connectivity index (χ0) is 33.1. The normalized spacial score (nSPS) is 45.9. The molecular formula is C33H55NO10. The Morgan fingerprint density at radius 3 is 2.25 bits per heavy atom. The number of ether oxygens (including phenoxy) is 5. The molecule has 13 atom stereocenters. The summed E-state index contributed by atoms with van der Waals surface area (Å²) in [6.07, 6.45) is -0.891. The lowest BCUT2D eigenvalue weighted by molar-refractivity contribution is -0.296. The predicted molar refractivity (Wildman–Crippen MR) is 163 cm³/mol. The van der Waals surface area contributed by atoms with E-state index in [0.717, 1.165) is 0 Å². The Morgan fingerprint density at radius 1 is 1.00 bits per heavy atom. The lowest BCUT2D eigenvalue weighted by Gasteiger charge is -2.47. The fourth-order valence-corrected chi connectivity index (χ4v) is 7.21. The van der Waals surface area contributed by atoms with Gasteiger partial charge in [0.15, 0.2) is 12.1 Å². The van der Waals surface area contributed by atoms with Gasteiger partial charge in [-0.15, -0.1) is 0 Å². The van der Waals surface area contributed by atoms with E-state index >= 15 is 0 Å². The van der Waals surface area contributed by atoms with E-state index < -0.39 is 77.3 Å². The van der Waals surface area contributed by atoms with Crippen molar-refractivity contribution in [2.75, 3.05) is 27.3 Å². The molecule has 0 aromatic heterocycles. The predicted octanol–water partition coefficient (Wildman–Crippen LogP) is 2.69. The largest absolute Gasteiger partial charge is 0.459 e. The van der Waals surface area contributed by atoms with Crippen LogP contribution in [0, 0.1) is 23.7 Å². The van der Waals surface area contributed by atoms with Gasteiger partial charge in [-0.1, -0.05) is 39.8 Å². The second-order valence-corrected chi connectivity index (χ2v) is 13.7. The number of nitrogens with zero attached hydrogens (tertiary/aromatic N) is 1. The molecule has 0 aromatic carbocycles. The van der Waals surface area contributed by atoms with E-state index in [1.54, 1.807) is 46.8 Å². The van der Waals surface area contributed by atoms with Crippen LogP contribution in [0.4, 0.5) is 0 Å². The number of esters is 1. The molecule has 0 aliphatic carbocycles. The van der Waals surface area contributed by atoms with Crippen LogP contribution >= 0.6 is 0 Å². The molecule has 2 bridgehead atoms. The maximum atomic E-state index is 14.0. The van der Waals surface area contributed by atoms with Crippen LogP contribution in [0.5, 0.6) is 0 Å². The summed E-state index contributed by atoms with van der Waals surface area (Å²) >= 11 is 0. The van der Waals surface area contributed by atoms with Crippen LogP contribution in [-0.4, -0.2) is 114 Å². The van der Waals surface area contributed by atoms with Gasteiger partial charge in [0.25, 0.3) is 0 Å². The summed E-state index contributed by atoms with van der Waals surface area (Å²) < 4.78 is 31.0. The molecule has 252 valence electrons. The van der Waals surface area contributed by atoms with Crippen molar-refractivity contribution in [1.82, 2.24) is 4.90 Å². The molecule has 11 heteroatoms. The first kappa shape index (κ1) is 36.7. The van der Waals surface area contributed by atoms with E-state index in [0.29, 0.717) is 6.42 Å². The molecule has 3 aliphatic heterocycles. The monoisotopic (exact) mass is 625 g/mol. The van der Waals surface area contributed by atoms with Crippen molar-refractivity contribution >= 4 is 17.5 Å². The maximum absolute atomic E-state index is 14.0. The number of carbonyl (C=O) groups is 3. The van der Waals surface area contributed by atoms with Crippen LogP contribution in [0.3, 0.4) is 0 Å². The van der Waals surface area contributed by atoms with Gasteiger partial charge in [0.1, 0.15) is 29.5 Å². The number of Topliss-reactive ketones (excluding diaryl/α,β-unsaturated/α-hetero) is 2. The minimum atomic E-state index is -1.73. The number of likely N-dealkylation sites (N-methyl/N-ethyl adjacent to an activating group) is 1. The average molecular weight is 626 g/mol. The van der Waals surface area contributed by atoms with E-state index in [1.807, 2.05) is 25.9 Å². The van der Waals surface area contributed by atoms with E-state index in [4.69, 9.17) is 23.7 Å². The summed E-state index contributed by atoms with van der Waals surface area (Å²) in [7, 11) is 3.75. The molecule has 0 aromatic rings. The van der Waals surface area contributed by atoms with Gasteiger partial charge >= 0.3 is 5.97 Å². The van der Waals surface area contributed by atoms with Crippen LogP contribution < -0.4 is 0 Å². The quantitative estimate of drug-likeness (QED) is 0.271. The van der Waals surface area contributed by atoms with Gasteiger partial charge in [0.2, 0.25) is 0 Å². The Bertz CT molecular complexity index is 1050. The van der Waals surface area contributed by atoms with E-state index in [9.17, 15) is 24.6 Å². The minimum Gasteiger partial charge on any atom is -0.459 e. The number of aliphatic hydroxyl groups excluding tert-OH is 1. The fourth-order valence-electron chi connectivity index (χ4n) is 7.21. The van der Waals surface area contributed by atoms with Gasteiger partial charge in [-0.3, -0.25) is 14.4 Å². The molecule has 11 nitrogen and oxygen atoms in total. The summed E-state index contributed by atoms with van der Waals surface area (Å²) in [5, 5.41) is 23.1. The first-order valence-electron chi connectivity index (χ1n) is 16.0. The number of ketones is 2. The number of rotatable bonds is 4. The highest BCUT2D eigenvalue weighted by Gasteiger charge is 2.52. The van der Waals surface area contributed by atoms with Gasteiger partial charge < -0.3 is 38.8 Å². The molecule has 2 N–H and O–H groups in total. The number of hydrogen-bond donors (Lipinski definition) is 2.